The Hall–Kier alpha value is -2.89. The third kappa shape index (κ3) is 2.89. The molecule has 0 fully saturated rings. The zero-order chi connectivity index (χ0) is 21.0. The minimum atomic E-state index is -0.965. The average molecular weight is 402 g/mol. The van der Waals surface area contributed by atoms with Crippen LogP contribution >= 0.6 is 0 Å². The Labute approximate surface area is 175 Å². The van der Waals surface area contributed by atoms with Crippen LogP contribution in [0.3, 0.4) is 0 Å². The average Bonchev–Trinajstić information content (AvgIpc) is 3.12. The number of H-pyrrole nitrogens is 1. The van der Waals surface area contributed by atoms with E-state index >= 15 is 0 Å². The van der Waals surface area contributed by atoms with Crippen LogP contribution in [-0.4, -0.2) is 33.4 Å². The molecule has 0 bridgehead atoms. The number of aromatic nitrogens is 2. The van der Waals surface area contributed by atoms with Gasteiger partial charge in [-0.15, -0.1) is 0 Å². The fourth-order valence-electron chi connectivity index (χ4n) is 4.70. The van der Waals surface area contributed by atoms with E-state index < -0.39 is 17.6 Å². The number of aliphatic hydroxyl groups is 2. The minimum absolute atomic E-state index is 0.448. The molecule has 1 aliphatic carbocycles. The van der Waals surface area contributed by atoms with Crippen LogP contribution in [0.15, 0.2) is 48.5 Å². The van der Waals surface area contributed by atoms with Gasteiger partial charge in [0, 0.05) is 34.0 Å². The Bertz CT molecular complexity index is 1240. The Balaban J connectivity index is 1.75. The van der Waals surface area contributed by atoms with Crippen LogP contribution in [0.5, 0.6) is 5.75 Å². The number of rotatable bonds is 3. The second kappa shape index (κ2) is 6.83. The van der Waals surface area contributed by atoms with Crippen LogP contribution in [0, 0.1) is 5.41 Å². The smallest absolute Gasteiger partial charge is 0.118 e. The van der Waals surface area contributed by atoms with Gasteiger partial charge in [0.2, 0.25) is 0 Å². The molecule has 2 heterocycles. The molecule has 3 N–H and O–H groups in total. The second-order valence-corrected chi connectivity index (χ2v) is 8.92. The first-order valence-corrected chi connectivity index (χ1v) is 10.3. The van der Waals surface area contributed by atoms with Crippen molar-refractivity contribution in [3.63, 3.8) is 0 Å². The van der Waals surface area contributed by atoms with Gasteiger partial charge in [-0.2, -0.15) is 0 Å². The normalized spacial score (nSPS) is 20.4. The monoisotopic (exact) mass is 402 g/mol. The van der Waals surface area contributed by atoms with E-state index in [4.69, 9.17) is 9.72 Å². The van der Waals surface area contributed by atoms with Gasteiger partial charge in [0.15, 0.2) is 0 Å². The predicted molar refractivity (Wildman–Crippen MR) is 118 cm³/mol. The number of para-hydroxylation sites is 1. The van der Waals surface area contributed by atoms with Crippen molar-refractivity contribution < 1.29 is 14.9 Å². The van der Waals surface area contributed by atoms with Gasteiger partial charge in [-0.3, -0.25) is 4.98 Å². The summed E-state index contributed by atoms with van der Waals surface area (Å²) in [5.74, 6) is 0.826. The third-order valence-electron chi connectivity index (χ3n) is 6.39. The first-order valence-electron chi connectivity index (χ1n) is 10.3. The summed E-state index contributed by atoms with van der Waals surface area (Å²) in [5.41, 5.74) is 5.20. The highest BCUT2D eigenvalue weighted by Gasteiger charge is 2.42. The maximum atomic E-state index is 11.1. The lowest BCUT2D eigenvalue weighted by atomic mass is 9.71. The SMILES string of the molecule is COc1ccc(Cc2nc3c(c4c2[nH]c2ccccc24)[C@H](O)[C@H](O)C(C)(C)C3)cc1. The summed E-state index contributed by atoms with van der Waals surface area (Å²) in [5, 5.41) is 23.9. The largest absolute Gasteiger partial charge is 0.497 e. The van der Waals surface area contributed by atoms with Crippen molar-refractivity contribution in [2.45, 2.75) is 38.9 Å². The molecule has 0 saturated heterocycles. The lowest BCUT2D eigenvalue weighted by Crippen LogP contribution is -2.41. The van der Waals surface area contributed by atoms with Crippen LogP contribution in [-0.2, 0) is 12.8 Å². The molecule has 30 heavy (non-hydrogen) atoms. The topological polar surface area (TPSA) is 78.4 Å². The standard InChI is InChI=1S/C25H26N2O3/c1-25(2)13-19-21(23(28)24(25)29)20-16-6-4-5-7-17(16)27-22(20)18(26-19)12-14-8-10-15(30-3)11-9-14/h4-11,23-24,27-29H,12-13H2,1-3H3/t23-,24-/m0/s1. The summed E-state index contributed by atoms with van der Waals surface area (Å²) in [6.07, 6.45) is -0.519. The van der Waals surface area contributed by atoms with Crippen molar-refractivity contribution in [1.82, 2.24) is 9.97 Å². The van der Waals surface area contributed by atoms with Gasteiger partial charge in [0.25, 0.3) is 0 Å². The van der Waals surface area contributed by atoms with Gasteiger partial charge in [-0.1, -0.05) is 44.2 Å². The van der Waals surface area contributed by atoms with Crippen LogP contribution in [0.1, 0.15) is 42.5 Å². The molecule has 2 aromatic carbocycles. The van der Waals surface area contributed by atoms with E-state index in [2.05, 4.69) is 23.2 Å². The fourth-order valence-corrected chi connectivity index (χ4v) is 4.70. The fraction of sp³-hybridized carbons (Fsp3) is 0.320. The molecule has 0 spiro atoms. The third-order valence-corrected chi connectivity index (χ3v) is 6.39. The number of pyridine rings is 1. The molecular weight excluding hydrogens is 376 g/mol. The molecule has 0 unspecified atom stereocenters. The van der Waals surface area contributed by atoms with E-state index in [0.717, 1.165) is 50.1 Å². The molecule has 5 nitrogen and oxygen atoms in total. The summed E-state index contributed by atoms with van der Waals surface area (Å²) in [6.45, 7) is 3.96. The number of methoxy groups -OCH3 is 1. The molecule has 0 saturated carbocycles. The highest BCUT2D eigenvalue weighted by Crippen LogP contribution is 2.45. The van der Waals surface area contributed by atoms with Crippen molar-refractivity contribution in [2.24, 2.45) is 5.41 Å². The van der Waals surface area contributed by atoms with Gasteiger partial charge in [-0.25, -0.2) is 0 Å². The Morgan fingerprint density at radius 1 is 1.10 bits per heavy atom. The van der Waals surface area contributed by atoms with Crippen LogP contribution < -0.4 is 4.74 Å². The lowest BCUT2D eigenvalue weighted by Gasteiger charge is -2.39. The number of fused-ring (bicyclic) bond motifs is 5. The summed E-state index contributed by atoms with van der Waals surface area (Å²) in [6, 6.07) is 16.1. The molecule has 5 heteroatoms. The van der Waals surface area contributed by atoms with Crippen LogP contribution in [0.4, 0.5) is 0 Å². The second-order valence-electron chi connectivity index (χ2n) is 8.92. The molecule has 4 aromatic rings. The zero-order valence-corrected chi connectivity index (χ0v) is 17.4. The summed E-state index contributed by atoms with van der Waals surface area (Å²) >= 11 is 0. The van der Waals surface area contributed by atoms with Crippen molar-refractivity contribution in [3.05, 3.63) is 71.0 Å². The molecule has 0 radical (unpaired) electrons. The molecule has 154 valence electrons. The number of ether oxygens (including phenoxy) is 1. The van der Waals surface area contributed by atoms with E-state index in [0.29, 0.717) is 12.8 Å². The number of nitrogens with zero attached hydrogens (tertiary/aromatic N) is 1. The predicted octanol–water partition coefficient (Wildman–Crippen LogP) is 4.29. The quantitative estimate of drug-likeness (QED) is 0.478. The molecular formula is C25H26N2O3. The summed E-state index contributed by atoms with van der Waals surface area (Å²) < 4.78 is 5.28. The Morgan fingerprint density at radius 3 is 2.57 bits per heavy atom. The Kier molecular flexibility index (Phi) is 4.34. The van der Waals surface area contributed by atoms with E-state index in [1.54, 1.807) is 7.11 Å². The molecule has 1 aliphatic rings. The lowest BCUT2D eigenvalue weighted by molar-refractivity contribution is -0.0626. The highest BCUT2D eigenvalue weighted by molar-refractivity contribution is 6.10. The zero-order valence-electron chi connectivity index (χ0n) is 17.4. The van der Waals surface area contributed by atoms with Gasteiger partial charge in [0.1, 0.15) is 11.9 Å². The molecule has 0 amide bonds. The van der Waals surface area contributed by atoms with Gasteiger partial charge < -0.3 is 19.9 Å². The van der Waals surface area contributed by atoms with E-state index in [1.165, 1.54) is 0 Å². The number of hydrogen-bond donors (Lipinski definition) is 3. The van der Waals surface area contributed by atoms with Crippen molar-refractivity contribution in [1.29, 1.82) is 0 Å². The maximum absolute atomic E-state index is 11.1. The first kappa shape index (κ1) is 19.1. The number of hydrogen-bond acceptors (Lipinski definition) is 4. The number of aliphatic hydroxyl groups excluding tert-OH is 2. The molecule has 2 atom stereocenters. The number of benzene rings is 2. The molecule has 0 aliphatic heterocycles. The van der Waals surface area contributed by atoms with E-state index in [9.17, 15) is 10.2 Å². The van der Waals surface area contributed by atoms with Crippen molar-refractivity contribution in [3.8, 4) is 5.75 Å². The highest BCUT2D eigenvalue weighted by atomic mass is 16.5. The summed E-state index contributed by atoms with van der Waals surface area (Å²) in [4.78, 5) is 8.54. The number of nitrogens with one attached hydrogen (secondary N) is 1. The van der Waals surface area contributed by atoms with E-state index in [-0.39, 0.29) is 0 Å². The first-order chi connectivity index (χ1) is 14.4. The van der Waals surface area contributed by atoms with Gasteiger partial charge in [0.05, 0.1) is 24.4 Å². The van der Waals surface area contributed by atoms with E-state index in [1.807, 2.05) is 44.2 Å². The maximum Gasteiger partial charge on any atom is 0.118 e. The van der Waals surface area contributed by atoms with Crippen molar-refractivity contribution in [2.75, 3.05) is 7.11 Å². The minimum Gasteiger partial charge on any atom is -0.497 e. The molecule has 5 rings (SSSR count). The summed E-state index contributed by atoms with van der Waals surface area (Å²) in [7, 11) is 1.66. The van der Waals surface area contributed by atoms with Crippen LogP contribution in [0.2, 0.25) is 0 Å². The van der Waals surface area contributed by atoms with Gasteiger partial charge in [-0.05, 0) is 35.6 Å². The van der Waals surface area contributed by atoms with Crippen molar-refractivity contribution >= 4 is 21.8 Å². The van der Waals surface area contributed by atoms with Gasteiger partial charge >= 0.3 is 0 Å². The number of aromatic amines is 1. The molecule has 2 aromatic heterocycles. The Morgan fingerprint density at radius 2 is 1.83 bits per heavy atom. The van der Waals surface area contributed by atoms with Crippen LogP contribution in [0.25, 0.3) is 21.8 Å².